The molecule has 0 unspecified atom stereocenters. The maximum atomic E-state index is 13.0. The Hall–Kier alpha value is -0.580. The van der Waals surface area contributed by atoms with Gasteiger partial charge in [-0.25, -0.2) is 4.39 Å². The lowest BCUT2D eigenvalue weighted by Gasteiger charge is -2.07. The van der Waals surface area contributed by atoms with Crippen LogP contribution in [0.25, 0.3) is 0 Å². The summed E-state index contributed by atoms with van der Waals surface area (Å²) in [6, 6.07) is 4.76. The van der Waals surface area contributed by atoms with Gasteiger partial charge in [-0.3, -0.25) is 0 Å². The minimum Gasteiger partial charge on any atom is -0.384 e. The first-order chi connectivity index (χ1) is 7.27. The third kappa shape index (κ3) is 4.20. The Kier molecular flexibility index (Phi) is 5.68. The van der Waals surface area contributed by atoms with Crippen molar-refractivity contribution < 1.29 is 9.13 Å². The third-order valence-corrected chi connectivity index (χ3v) is 3.05. The van der Waals surface area contributed by atoms with E-state index in [2.05, 4.69) is 0 Å². The predicted molar refractivity (Wildman–Crippen MR) is 62.3 cm³/mol. The molecule has 1 rings (SSSR count). The van der Waals surface area contributed by atoms with Crippen molar-refractivity contribution in [3.63, 3.8) is 0 Å². The summed E-state index contributed by atoms with van der Waals surface area (Å²) < 4.78 is 17.9. The van der Waals surface area contributed by atoms with Gasteiger partial charge in [0.2, 0.25) is 0 Å². The molecule has 0 saturated heterocycles. The normalized spacial score (nSPS) is 10.6. The molecule has 0 aromatic heterocycles. The number of hydrogen-bond donors (Lipinski definition) is 1. The Bertz CT molecular complexity index is 307. The Labute approximate surface area is 94.0 Å². The van der Waals surface area contributed by atoms with E-state index in [4.69, 9.17) is 10.5 Å². The van der Waals surface area contributed by atoms with E-state index in [9.17, 15) is 4.39 Å². The van der Waals surface area contributed by atoms with Gasteiger partial charge in [-0.15, -0.1) is 0 Å². The Morgan fingerprint density at radius 1 is 1.40 bits per heavy atom. The first-order valence-corrected chi connectivity index (χ1v) is 5.97. The molecular formula is C11H16FNOS. The molecular weight excluding hydrogens is 213 g/mol. The maximum Gasteiger partial charge on any atom is 0.123 e. The zero-order valence-electron chi connectivity index (χ0n) is 8.83. The second-order valence-electron chi connectivity index (χ2n) is 3.16. The van der Waals surface area contributed by atoms with Crippen molar-refractivity contribution in [3.05, 3.63) is 35.1 Å². The average molecular weight is 229 g/mol. The van der Waals surface area contributed by atoms with Crippen molar-refractivity contribution in [3.8, 4) is 0 Å². The van der Waals surface area contributed by atoms with E-state index >= 15 is 0 Å². The molecule has 0 radical (unpaired) electrons. The van der Waals surface area contributed by atoms with E-state index in [0.29, 0.717) is 6.54 Å². The third-order valence-electron chi connectivity index (χ3n) is 2.08. The van der Waals surface area contributed by atoms with Crippen LogP contribution in [0.5, 0.6) is 0 Å². The average Bonchev–Trinajstić information content (AvgIpc) is 2.25. The lowest BCUT2D eigenvalue weighted by molar-refractivity contribution is 0.218. The molecule has 0 heterocycles. The predicted octanol–water partition coefficient (Wildman–Crippen LogP) is 2.16. The number of halogens is 1. The molecule has 4 heteroatoms. The number of methoxy groups -OCH3 is 1. The fourth-order valence-corrected chi connectivity index (χ4v) is 2.17. The van der Waals surface area contributed by atoms with Gasteiger partial charge in [-0.05, 0) is 23.3 Å². The van der Waals surface area contributed by atoms with Crippen LogP contribution in [0.4, 0.5) is 4.39 Å². The summed E-state index contributed by atoms with van der Waals surface area (Å²) in [5.41, 5.74) is 7.57. The standard InChI is InChI=1S/C11H16FNOS/c1-14-4-5-15-8-10-6-11(12)3-2-9(10)7-13/h2-3,6H,4-5,7-8,13H2,1H3. The van der Waals surface area contributed by atoms with E-state index in [0.717, 1.165) is 29.2 Å². The molecule has 0 spiro atoms. The van der Waals surface area contributed by atoms with E-state index in [1.165, 1.54) is 6.07 Å². The minimum absolute atomic E-state index is 0.199. The minimum atomic E-state index is -0.199. The van der Waals surface area contributed by atoms with Crippen molar-refractivity contribution in [2.45, 2.75) is 12.3 Å². The van der Waals surface area contributed by atoms with E-state index < -0.39 is 0 Å². The van der Waals surface area contributed by atoms with Crippen LogP contribution in [0, 0.1) is 5.82 Å². The van der Waals surface area contributed by atoms with E-state index in [-0.39, 0.29) is 5.82 Å². The van der Waals surface area contributed by atoms with Crippen LogP contribution in [0.2, 0.25) is 0 Å². The summed E-state index contributed by atoms with van der Waals surface area (Å²) in [7, 11) is 1.67. The summed E-state index contributed by atoms with van der Waals surface area (Å²) >= 11 is 1.72. The van der Waals surface area contributed by atoms with Crippen LogP contribution in [0.3, 0.4) is 0 Å². The van der Waals surface area contributed by atoms with Crippen molar-refractivity contribution in [1.82, 2.24) is 0 Å². The molecule has 0 aliphatic heterocycles. The molecule has 1 aromatic rings. The lowest BCUT2D eigenvalue weighted by atomic mass is 10.1. The van der Waals surface area contributed by atoms with Gasteiger partial charge < -0.3 is 10.5 Å². The van der Waals surface area contributed by atoms with Gasteiger partial charge in [0.1, 0.15) is 5.82 Å². The number of nitrogens with two attached hydrogens (primary N) is 1. The largest absolute Gasteiger partial charge is 0.384 e. The number of benzene rings is 1. The van der Waals surface area contributed by atoms with Gasteiger partial charge in [0.15, 0.2) is 0 Å². The van der Waals surface area contributed by atoms with Gasteiger partial charge in [0.25, 0.3) is 0 Å². The van der Waals surface area contributed by atoms with Crippen molar-refractivity contribution in [2.24, 2.45) is 5.73 Å². The lowest BCUT2D eigenvalue weighted by Crippen LogP contribution is -2.02. The zero-order valence-corrected chi connectivity index (χ0v) is 9.65. The van der Waals surface area contributed by atoms with Gasteiger partial charge in [0.05, 0.1) is 6.61 Å². The monoisotopic (exact) mass is 229 g/mol. The van der Waals surface area contributed by atoms with Crippen LogP contribution in [0.1, 0.15) is 11.1 Å². The zero-order chi connectivity index (χ0) is 11.1. The summed E-state index contributed by atoms with van der Waals surface area (Å²) in [6.07, 6.45) is 0. The molecule has 2 nitrogen and oxygen atoms in total. The highest BCUT2D eigenvalue weighted by Gasteiger charge is 2.02. The quantitative estimate of drug-likeness (QED) is 0.759. The van der Waals surface area contributed by atoms with E-state index in [1.807, 2.05) is 0 Å². The highest BCUT2D eigenvalue weighted by molar-refractivity contribution is 7.98. The van der Waals surface area contributed by atoms with Crippen LogP contribution in [0.15, 0.2) is 18.2 Å². The number of thioether (sulfide) groups is 1. The molecule has 0 saturated carbocycles. The van der Waals surface area contributed by atoms with Gasteiger partial charge in [-0.2, -0.15) is 11.8 Å². The molecule has 15 heavy (non-hydrogen) atoms. The highest BCUT2D eigenvalue weighted by atomic mass is 32.2. The van der Waals surface area contributed by atoms with Crippen LogP contribution in [-0.4, -0.2) is 19.5 Å². The van der Waals surface area contributed by atoms with Crippen LogP contribution < -0.4 is 5.73 Å². The molecule has 0 fully saturated rings. The van der Waals surface area contributed by atoms with Crippen molar-refractivity contribution in [1.29, 1.82) is 0 Å². The first-order valence-electron chi connectivity index (χ1n) is 4.82. The smallest absolute Gasteiger partial charge is 0.123 e. The SMILES string of the molecule is COCCSCc1cc(F)ccc1CN. The summed E-state index contributed by atoms with van der Waals surface area (Å²) in [4.78, 5) is 0. The van der Waals surface area contributed by atoms with Gasteiger partial charge >= 0.3 is 0 Å². The maximum absolute atomic E-state index is 13.0. The summed E-state index contributed by atoms with van der Waals surface area (Å²) in [5, 5.41) is 0. The summed E-state index contributed by atoms with van der Waals surface area (Å²) in [6.45, 7) is 1.18. The van der Waals surface area contributed by atoms with Crippen molar-refractivity contribution >= 4 is 11.8 Å². The fourth-order valence-electron chi connectivity index (χ4n) is 1.25. The van der Waals surface area contributed by atoms with Crippen LogP contribution in [-0.2, 0) is 17.0 Å². The second kappa shape index (κ2) is 6.82. The number of hydrogen-bond acceptors (Lipinski definition) is 3. The first kappa shape index (κ1) is 12.5. The topological polar surface area (TPSA) is 35.2 Å². The molecule has 0 aliphatic rings. The van der Waals surface area contributed by atoms with E-state index in [1.54, 1.807) is 31.0 Å². The van der Waals surface area contributed by atoms with Gasteiger partial charge in [-0.1, -0.05) is 6.07 Å². The molecule has 1 aromatic carbocycles. The number of ether oxygens (including phenoxy) is 1. The summed E-state index contributed by atoms with van der Waals surface area (Å²) in [5.74, 6) is 1.50. The van der Waals surface area contributed by atoms with Gasteiger partial charge in [0, 0.05) is 25.2 Å². The molecule has 0 bridgehead atoms. The Balaban J connectivity index is 2.54. The molecule has 0 aliphatic carbocycles. The fraction of sp³-hybridized carbons (Fsp3) is 0.455. The Morgan fingerprint density at radius 3 is 2.87 bits per heavy atom. The Morgan fingerprint density at radius 2 is 2.20 bits per heavy atom. The van der Waals surface area contributed by atoms with Crippen molar-refractivity contribution in [2.75, 3.05) is 19.5 Å². The molecule has 2 N–H and O–H groups in total. The van der Waals surface area contributed by atoms with Crippen LogP contribution >= 0.6 is 11.8 Å². The molecule has 84 valence electrons. The highest BCUT2D eigenvalue weighted by Crippen LogP contribution is 2.17. The second-order valence-corrected chi connectivity index (χ2v) is 4.27. The molecule has 0 atom stereocenters. The molecule has 0 amide bonds. The number of rotatable bonds is 6.